The molecule has 0 aliphatic rings. The first kappa shape index (κ1) is 19.8. The second-order valence-corrected chi connectivity index (χ2v) is 6.87. The highest BCUT2D eigenvalue weighted by atomic mass is 79.9. The lowest BCUT2D eigenvalue weighted by molar-refractivity contribution is 0.0772. The summed E-state index contributed by atoms with van der Waals surface area (Å²) in [7, 11) is 1.65. The average molecular weight is 445 g/mol. The van der Waals surface area contributed by atoms with Gasteiger partial charge in [0, 0.05) is 23.8 Å². The number of carbonyl (C=O) groups excluding carboxylic acids is 1. The molecule has 28 heavy (non-hydrogen) atoms. The summed E-state index contributed by atoms with van der Waals surface area (Å²) in [6.07, 6.45) is 1.46. The summed E-state index contributed by atoms with van der Waals surface area (Å²) in [6.45, 7) is 0.490. The molecule has 0 bridgehead atoms. The zero-order valence-electron chi connectivity index (χ0n) is 15.1. The van der Waals surface area contributed by atoms with Gasteiger partial charge < -0.3 is 14.4 Å². The van der Waals surface area contributed by atoms with Crippen LogP contribution in [-0.4, -0.2) is 36.0 Å². The fourth-order valence-corrected chi connectivity index (χ4v) is 2.77. The predicted octanol–water partition coefficient (Wildman–Crippen LogP) is 4.93. The molecule has 0 aliphatic carbocycles. The quantitative estimate of drug-likeness (QED) is 0.518. The summed E-state index contributed by atoms with van der Waals surface area (Å²) < 4.78 is 25.5. The van der Waals surface area contributed by atoms with Crippen LogP contribution in [0.5, 0.6) is 17.4 Å². The number of nitrogens with zero attached hydrogens (tertiary/aromatic N) is 2. The molecule has 1 amide bonds. The zero-order chi connectivity index (χ0) is 19.9. The fraction of sp³-hybridized carbons (Fsp3) is 0.143. The molecular weight excluding hydrogens is 427 g/mol. The van der Waals surface area contributed by atoms with Gasteiger partial charge in [-0.15, -0.1) is 0 Å². The average Bonchev–Trinajstić information content (AvgIpc) is 2.69. The number of rotatable bonds is 7. The Hall–Kier alpha value is -2.93. The van der Waals surface area contributed by atoms with E-state index in [9.17, 15) is 9.18 Å². The molecule has 0 saturated carbocycles. The molecule has 7 heteroatoms. The van der Waals surface area contributed by atoms with Crippen LogP contribution in [0, 0.1) is 5.82 Å². The van der Waals surface area contributed by atoms with Crippen molar-refractivity contribution in [1.82, 2.24) is 9.88 Å². The first-order valence-electron chi connectivity index (χ1n) is 8.55. The van der Waals surface area contributed by atoms with Gasteiger partial charge in [0.15, 0.2) is 11.6 Å². The van der Waals surface area contributed by atoms with Crippen molar-refractivity contribution in [1.29, 1.82) is 0 Å². The van der Waals surface area contributed by atoms with Crippen LogP contribution >= 0.6 is 15.9 Å². The van der Waals surface area contributed by atoms with Gasteiger partial charge in [0.1, 0.15) is 12.4 Å². The van der Waals surface area contributed by atoms with Crippen molar-refractivity contribution in [3.05, 3.63) is 82.7 Å². The molecule has 5 nitrogen and oxygen atoms in total. The van der Waals surface area contributed by atoms with Crippen LogP contribution in [0.25, 0.3) is 0 Å². The van der Waals surface area contributed by atoms with Gasteiger partial charge in [0.2, 0.25) is 5.88 Å². The number of pyridine rings is 1. The molecule has 0 spiro atoms. The van der Waals surface area contributed by atoms with E-state index in [4.69, 9.17) is 9.47 Å². The van der Waals surface area contributed by atoms with E-state index in [1.54, 1.807) is 37.4 Å². The van der Waals surface area contributed by atoms with Crippen LogP contribution in [0.15, 0.2) is 71.3 Å². The van der Waals surface area contributed by atoms with Crippen LogP contribution in [0.4, 0.5) is 4.39 Å². The molecular formula is C21H18BrFN2O3. The van der Waals surface area contributed by atoms with E-state index >= 15 is 0 Å². The SMILES string of the molecule is CN(CCOc1ccccc1F)C(=O)c1ccc(Oc2cccc(Br)c2)nc1. The second-order valence-electron chi connectivity index (χ2n) is 5.95. The number of hydrogen-bond acceptors (Lipinski definition) is 4. The van der Waals surface area contributed by atoms with Gasteiger partial charge in [0.05, 0.1) is 12.1 Å². The Morgan fingerprint density at radius 1 is 1.14 bits per heavy atom. The molecule has 0 unspecified atom stereocenters. The summed E-state index contributed by atoms with van der Waals surface area (Å²) >= 11 is 3.38. The molecule has 0 fully saturated rings. The van der Waals surface area contributed by atoms with Crippen molar-refractivity contribution in [2.75, 3.05) is 20.2 Å². The molecule has 0 radical (unpaired) electrons. The first-order valence-corrected chi connectivity index (χ1v) is 9.34. The normalized spacial score (nSPS) is 10.4. The second kappa shape index (κ2) is 9.32. The van der Waals surface area contributed by atoms with Crippen LogP contribution in [0.3, 0.4) is 0 Å². The van der Waals surface area contributed by atoms with Crippen molar-refractivity contribution >= 4 is 21.8 Å². The Balaban J connectivity index is 1.54. The molecule has 3 rings (SSSR count). The summed E-state index contributed by atoms with van der Waals surface area (Å²) in [5, 5.41) is 0. The molecule has 0 saturated heterocycles. The summed E-state index contributed by atoms with van der Waals surface area (Å²) in [6, 6.07) is 16.8. The molecule has 1 aromatic heterocycles. The highest BCUT2D eigenvalue weighted by Gasteiger charge is 2.13. The van der Waals surface area contributed by atoms with E-state index < -0.39 is 5.82 Å². The summed E-state index contributed by atoms with van der Waals surface area (Å²) in [4.78, 5) is 18.2. The van der Waals surface area contributed by atoms with Crippen LogP contribution in [0.1, 0.15) is 10.4 Å². The van der Waals surface area contributed by atoms with E-state index in [2.05, 4.69) is 20.9 Å². The fourth-order valence-electron chi connectivity index (χ4n) is 2.39. The molecule has 0 atom stereocenters. The summed E-state index contributed by atoms with van der Waals surface area (Å²) in [5.74, 6) is 0.558. The van der Waals surface area contributed by atoms with Gasteiger partial charge in [-0.05, 0) is 36.4 Å². The van der Waals surface area contributed by atoms with Crippen LogP contribution in [0.2, 0.25) is 0 Å². The lowest BCUT2D eigenvalue weighted by Gasteiger charge is -2.17. The van der Waals surface area contributed by atoms with Crippen molar-refractivity contribution in [3.63, 3.8) is 0 Å². The number of likely N-dealkylation sites (N-methyl/N-ethyl adjacent to an activating group) is 1. The number of halogens is 2. The van der Waals surface area contributed by atoms with Gasteiger partial charge >= 0.3 is 0 Å². The predicted molar refractivity (Wildman–Crippen MR) is 107 cm³/mol. The smallest absolute Gasteiger partial charge is 0.255 e. The standard InChI is InChI=1S/C21H18BrFN2O3/c1-25(11-12-27-19-8-3-2-7-18(19)23)21(26)15-9-10-20(24-14-15)28-17-6-4-5-16(22)13-17/h2-10,13-14H,11-12H2,1H3. The third kappa shape index (κ3) is 5.29. The minimum absolute atomic E-state index is 0.166. The van der Waals surface area contributed by atoms with Crippen LogP contribution in [-0.2, 0) is 0 Å². The van der Waals surface area contributed by atoms with Gasteiger partial charge in [-0.2, -0.15) is 0 Å². The molecule has 0 N–H and O–H groups in total. The monoisotopic (exact) mass is 444 g/mol. The third-order valence-corrected chi connectivity index (χ3v) is 4.36. The minimum atomic E-state index is -0.429. The van der Waals surface area contributed by atoms with E-state index in [1.165, 1.54) is 17.2 Å². The van der Waals surface area contributed by atoms with Gasteiger partial charge in [-0.25, -0.2) is 9.37 Å². The van der Waals surface area contributed by atoms with Gasteiger partial charge in [0.25, 0.3) is 5.91 Å². The molecule has 1 heterocycles. The molecule has 0 aliphatic heterocycles. The Kier molecular flexibility index (Phi) is 6.60. The number of benzene rings is 2. The summed E-state index contributed by atoms with van der Waals surface area (Å²) in [5.41, 5.74) is 0.426. The lowest BCUT2D eigenvalue weighted by Crippen LogP contribution is -2.31. The molecule has 3 aromatic rings. The largest absolute Gasteiger partial charge is 0.489 e. The number of amides is 1. The van der Waals surface area contributed by atoms with E-state index in [-0.39, 0.29) is 18.3 Å². The number of aromatic nitrogens is 1. The van der Waals surface area contributed by atoms with E-state index in [1.807, 2.05) is 24.3 Å². The number of hydrogen-bond donors (Lipinski definition) is 0. The maximum atomic E-state index is 13.5. The van der Waals surface area contributed by atoms with Gasteiger partial charge in [-0.3, -0.25) is 4.79 Å². The van der Waals surface area contributed by atoms with Gasteiger partial charge in [-0.1, -0.05) is 34.1 Å². The van der Waals surface area contributed by atoms with Crippen molar-refractivity contribution in [2.45, 2.75) is 0 Å². The maximum Gasteiger partial charge on any atom is 0.255 e. The number of para-hydroxylation sites is 1. The third-order valence-electron chi connectivity index (χ3n) is 3.87. The van der Waals surface area contributed by atoms with Crippen molar-refractivity contribution < 1.29 is 18.7 Å². The van der Waals surface area contributed by atoms with Crippen molar-refractivity contribution in [2.24, 2.45) is 0 Å². The van der Waals surface area contributed by atoms with Crippen LogP contribution < -0.4 is 9.47 Å². The highest BCUT2D eigenvalue weighted by Crippen LogP contribution is 2.23. The molecule has 2 aromatic carbocycles. The Morgan fingerprint density at radius 3 is 2.68 bits per heavy atom. The first-order chi connectivity index (χ1) is 13.5. The Bertz CT molecular complexity index is 950. The Labute approximate surface area is 170 Å². The highest BCUT2D eigenvalue weighted by molar-refractivity contribution is 9.10. The zero-order valence-corrected chi connectivity index (χ0v) is 16.7. The number of ether oxygens (including phenoxy) is 2. The lowest BCUT2D eigenvalue weighted by atomic mass is 10.2. The van der Waals surface area contributed by atoms with Crippen molar-refractivity contribution in [3.8, 4) is 17.4 Å². The van der Waals surface area contributed by atoms with E-state index in [0.717, 1.165) is 4.47 Å². The Morgan fingerprint density at radius 2 is 1.96 bits per heavy atom. The maximum absolute atomic E-state index is 13.5. The van der Waals surface area contributed by atoms with E-state index in [0.29, 0.717) is 23.7 Å². The topological polar surface area (TPSA) is 51.7 Å². The number of carbonyl (C=O) groups is 1. The molecule has 144 valence electrons. The minimum Gasteiger partial charge on any atom is -0.489 e.